The zero-order valence-corrected chi connectivity index (χ0v) is 14.8. The van der Waals surface area contributed by atoms with Crippen molar-refractivity contribution in [1.29, 1.82) is 0 Å². The zero-order valence-electron chi connectivity index (χ0n) is 14.8. The van der Waals surface area contributed by atoms with E-state index in [0.717, 1.165) is 32.5 Å². The van der Waals surface area contributed by atoms with E-state index in [0.29, 0.717) is 23.3 Å². The second kappa shape index (κ2) is 6.41. The molecule has 5 heteroatoms. The minimum absolute atomic E-state index is 0.0122. The molecule has 0 saturated carbocycles. The van der Waals surface area contributed by atoms with Crippen LogP contribution in [0.4, 0.5) is 0 Å². The fourth-order valence-corrected chi connectivity index (χ4v) is 3.69. The maximum Gasteiger partial charge on any atom is 0.276 e. The third-order valence-electron chi connectivity index (χ3n) is 4.72. The number of hydrogen-bond donors (Lipinski definition) is 0. The third kappa shape index (κ3) is 3.69. The average Bonchev–Trinajstić information content (AvgIpc) is 2.75. The van der Waals surface area contributed by atoms with Crippen LogP contribution in [-0.2, 0) is 0 Å². The van der Waals surface area contributed by atoms with Crippen molar-refractivity contribution in [2.45, 2.75) is 40.5 Å². The number of oxazole rings is 1. The van der Waals surface area contributed by atoms with Gasteiger partial charge in [0.1, 0.15) is 5.76 Å². The molecule has 0 aromatic carbocycles. The molecule has 2 rings (SSSR count). The molecule has 0 spiro atoms. The molecule has 1 aromatic heterocycles. The highest BCUT2D eigenvalue weighted by atomic mass is 16.4. The maximum atomic E-state index is 12.6. The Balaban J connectivity index is 1.97. The Hall–Kier alpha value is -1.36. The first kappa shape index (κ1) is 17.0. The van der Waals surface area contributed by atoms with Crippen LogP contribution in [0.3, 0.4) is 0 Å². The SMILES string of the molecule is Cc1nc(C(=O)N2CCC(C(C)(C)CN(C)C)CC2)c(C)o1. The summed E-state index contributed by atoms with van der Waals surface area (Å²) in [7, 11) is 4.24. The molecule has 0 bridgehead atoms. The van der Waals surface area contributed by atoms with Crippen LogP contribution < -0.4 is 0 Å². The number of carbonyl (C=O) groups is 1. The number of rotatable bonds is 4. The number of carbonyl (C=O) groups excluding carboxylic acids is 1. The summed E-state index contributed by atoms with van der Waals surface area (Å²) < 4.78 is 5.38. The predicted octanol–water partition coefficient (Wildman–Crippen LogP) is 2.73. The summed E-state index contributed by atoms with van der Waals surface area (Å²) in [6, 6.07) is 0. The van der Waals surface area contributed by atoms with Gasteiger partial charge in [-0.1, -0.05) is 13.8 Å². The molecule has 1 fully saturated rings. The molecule has 1 saturated heterocycles. The van der Waals surface area contributed by atoms with Crippen molar-refractivity contribution in [2.24, 2.45) is 11.3 Å². The molecular formula is C17H29N3O2. The molecule has 0 unspecified atom stereocenters. The minimum atomic E-state index is 0.0122. The van der Waals surface area contributed by atoms with Crippen LogP contribution in [0.2, 0.25) is 0 Å². The molecule has 1 aromatic rings. The Morgan fingerprint density at radius 3 is 2.36 bits per heavy atom. The summed E-state index contributed by atoms with van der Waals surface area (Å²) >= 11 is 0. The standard InChI is InChI=1S/C17H29N3O2/c1-12-15(18-13(2)22-12)16(21)20-9-7-14(8-10-20)17(3,4)11-19(5)6/h14H,7-11H2,1-6H3. The van der Waals surface area contributed by atoms with Crippen molar-refractivity contribution in [3.05, 3.63) is 17.3 Å². The van der Waals surface area contributed by atoms with E-state index >= 15 is 0 Å². The molecule has 1 aliphatic rings. The number of piperidine rings is 1. The van der Waals surface area contributed by atoms with Crippen LogP contribution in [-0.4, -0.2) is 54.4 Å². The van der Waals surface area contributed by atoms with Gasteiger partial charge in [0.25, 0.3) is 5.91 Å². The fourth-order valence-electron chi connectivity index (χ4n) is 3.69. The Morgan fingerprint density at radius 2 is 1.91 bits per heavy atom. The van der Waals surface area contributed by atoms with Crippen LogP contribution in [0.25, 0.3) is 0 Å². The summed E-state index contributed by atoms with van der Waals surface area (Å²) in [6.45, 7) is 10.9. The van der Waals surface area contributed by atoms with E-state index < -0.39 is 0 Å². The second-order valence-electron chi connectivity index (χ2n) is 7.43. The van der Waals surface area contributed by atoms with Gasteiger partial charge in [0.2, 0.25) is 0 Å². The Labute approximate surface area is 133 Å². The van der Waals surface area contributed by atoms with Crippen LogP contribution in [0.5, 0.6) is 0 Å². The molecule has 1 aliphatic heterocycles. The van der Waals surface area contributed by atoms with E-state index in [2.05, 4.69) is 37.8 Å². The van der Waals surface area contributed by atoms with E-state index in [1.54, 1.807) is 13.8 Å². The Bertz CT molecular complexity index is 526. The third-order valence-corrected chi connectivity index (χ3v) is 4.72. The van der Waals surface area contributed by atoms with Crippen molar-refractivity contribution in [2.75, 3.05) is 33.7 Å². The number of aromatic nitrogens is 1. The van der Waals surface area contributed by atoms with Gasteiger partial charge >= 0.3 is 0 Å². The zero-order chi connectivity index (χ0) is 16.5. The molecule has 124 valence electrons. The van der Waals surface area contributed by atoms with Gasteiger partial charge in [0.15, 0.2) is 11.6 Å². The van der Waals surface area contributed by atoms with Gasteiger partial charge in [-0.15, -0.1) is 0 Å². The van der Waals surface area contributed by atoms with Crippen molar-refractivity contribution in [3.63, 3.8) is 0 Å². The molecule has 22 heavy (non-hydrogen) atoms. The van der Waals surface area contributed by atoms with Crippen molar-refractivity contribution in [1.82, 2.24) is 14.8 Å². The van der Waals surface area contributed by atoms with Gasteiger partial charge in [0.05, 0.1) is 0 Å². The molecular weight excluding hydrogens is 278 g/mol. The lowest BCUT2D eigenvalue weighted by Gasteiger charge is -2.41. The van der Waals surface area contributed by atoms with Crippen LogP contribution in [0.1, 0.15) is 48.8 Å². The number of likely N-dealkylation sites (tertiary alicyclic amines) is 1. The topological polar surface area (TPSA) is 49.6 Å². The smallest absolute Gasteiger partial charge is 0.276 e. The fraction of sp³-hybridized carbons (Fsp3) is 0.765. The second-order valence-corrected chi connectivity index (χ2v) is 7.43. The lowest BCUT2D eigenvalue weighted by molar-refractivity contribution is 0.0529. The van der Waals surface area contributed by atoms with Crippen LogP contribution >= 0.6 is 0 Å². The van der Waals surface area contributed by atoms with E-state index in [1.165, 1.54) is 0 Å². The summed E-state index contributed by atoms with van der Waals surface area (Å²) in [6.07, 6.45) is 2.12. The lowest BCUT2D eigenvalue weighted by atomic mass is 9.73. The van der Waals surface area contributed by atoms with Gasteiger partial charge in [-0.3, -0.25) is 4.79 Å². The largest absolute Gasteiger partial charge is 0.445 e. The Morgan fingerprint density at radius 1 is 1.32 bits per heavy atom. The normalized spacial score (nSPS) is 17.3. The van der Waals surface area contributed by atoms with Crippen molar-refractivity contribution >= 4 is 5.91 Å². The highest BCUT2D eigenvalue weighted by Crippen LogP contribution is 2.35. The monoisotopic (exact) mass is 307 g/mol. The molecule has 0 radical (unpaired) electrons. The van der Waals surface area contributed by atoms with Gasteiger partial charge in [-0.05, 0) is 45.2 Å². The van der Waals surface area contributed by atoms with Gasteiger partial charge in [-0.25, -0.2) is 4.98 Å². The van der Waals surface area contributed by atoms with Gasteiger partial charge in [0, 0.05) is 26.6 Å². The van der Waals surface area contributed by atoms with E-state index in [4.69, 9.17) is 4.42 Å². The quantitative estimate of drug-likeness (QED) is 0.858. The van der Waals surface area contributed by atoms with Gasteiger partial charge in [-0.2, -0.15) is 0 Å². The molecule has 0 N–H and O–H groups in total. The predicted molar refractivity (Wildman–Crippen MR) is 86.9 cm³/mol. The van der Waals surface area contributed by atoms with Gasteiger partial charge < -0.3 is 14.2 Å². The molecule has 0 aliphatic carbocycles. The molecule has 5 nitrogen and oxygen atoms in total. The number of hydrogen-bond acceptors (Lipinski definition) is 4. The average molecular weight is 307 g/mol. The highest BCUT2D eigenvalue weighted by molar-refractivity contribution is 5.93. The maximum absolute atomic E-state index is 12.6. The molecule has 2 heterocycles. The summed E-state index contributed by atoms with van der Waals surface area (Å²) in [5.74, 6) is 1.85. The van der Waals surface area contributed by atoms with Crippen LogP contribution in [0, 0.1) is 25.2 Å². The van der Waals surface area contributed by atoms with E-state index in [-0.39, 0.29) is 11.3 Å². The summed E-state index contributed by atoms with van der Waals surface area (Å²) in [5.41, 5.74) is 0.752. The van der Waals surface area contributed by atoms with Crippen LogP contribution in [0.15, 0.2) is 4.42 Å². The molecule has 1 amide bonds. The number of amides is 1. The lowest BCUT2D eigenvalue weighted by Crippen LogP contribution is -2.44. The van der Waals surface area contributed by atoms with E-state index in [9.17, 15) is 4.79 Å². The number of aryl methyl sites for hydroxylation is 2. The summed E-state index contributed by atoms with van der Waals surface area (Å²) in [5, 5.41) is 0. The molecule has 0 atom stereocenters. The first-order chi connectivity index (χ1) is 10.2. The minimum Gasteiger partial charge on any atom is -0.445 e. The van der Waals surface area contributed by atoms with E-state index in [1.807, 2.05) is 4.90 Å². The first-order valence-corrected chi connectivity index (χ1v) is 8.09. The highest BCUT2D eigenvalue weighted by Gasteiger charge is 2.35. The van der Waals surface area contributed by atoms with Crippen molar-refractivity contribution in [3.8, 4) is 0 Å². The summed E-state index contributed by atoms with van der Waals surface area (Å²) in [4.78, 5) is 21.0. The Kier molecular flexibility index (Phi) is 4.95. The first-order valence-electron chi connectivity index (χ1n) is 8.09. The number of nitrogens with zero attached hydrogens (tertiary/aromatic N) is 3. The van der Waals surface area contributed by atoms with Crippen molar-refractivity contribution < 1.29 is 9.21 Å².